The van der Waals surface area contributed by atoms with Gasteiger partial charge in [0.25, 0.3) is 11.8 Å². The van der Waals surface area contributed by atoms with E-state index >= 15 is 0 Å². The van der Waals surface area contributed by atoms with Gasteiger partial charge in [0.15, 0.2) is 10.0 Å². The van der Waals surface area contributed by atoms with Gasteiger partial charge in [-0.05, 0) is 30.7 Å². The molecule has 0 aliphatic rings. The average molecular weight is 396 g/mol. The van der Waals surface area contributed by atoms with Gasteiger partial charge < -0.3 is 10.6 Å². The third-order valence-electron chi connectivity index (χ3n) is 3.90. The molecular formula is C19H16N4O2S2. The first-order valence-electron chi connectivity index (χ1n) is 8.48. The van der Waals surface area contributed by atoms with Crippen LogP contribution in [0.2, 0.25) is 0 Å². The van der Waals surface area contributed by atoms with E-state index in [1.807, 2.05) is 48.5 Å². The third-order valence-corrected chi connectivity index (χ3v) is 5.97. The molecule has 0 saturated heterocycles. The van der Waals surface area contributed by atoms with Crippen molar-refractivity contribution in [3.63, 3.8) is 0 Å². The zero-order chi connectivity index (χ0) is 18.6. The van der Waals surface area contributed by atoms with Crippen molar-refractivity contribution in [3.8, 4) is 0 Å². The fraction of sp³-hybridized carbons (Fsp3) is 0.158. The number of aromatic nitrogens is 2. The van der Waals surface area contributed by atoms with Crippen LogP contribution < -0.4 is 10.6 Å². The van der Waals surface area contributed by atoms with Crippen LogP contribution in [0.25, 0.3) is 20.4 Å². The molecule has 27 heavy (non-hydrogen) atoms. The summed E-state index contributed by atoms with van der Waals surface area (Å²) in [7, 11) is 0. The van der Waals surface area contributed by atoms with Crippen LogP contribution in [0.3, 0.4) is 0 Å². The second kappa shape index (κ2) is 7.81. The van der Waals surface area contributed by atoms with Crippen molar-refractivity contribution in [1.29, 1.82) is 0 Å². The molecule has 2 N–H and O–H groups in total. The molecule has 2 heterocycles. The topological polar surface area (TPSA) is 84.0 Å². The summed E-state index contributed by atoms with van der Waals surface area (Å²) in [5.74, 6) is -0.373. The summed E-state index contributed by atoms with van der Waals surface area (Å²) in [6, 6.07) is 15.3. The number of fused-ring (bicyclic) bond motifs is 2. The highest BCUT2D eigenvalue weighted by Gasteiger charge is 2.13. The smallest absolute Gasteiger partial charge is 0.280 e. The number of amides is 2. The maximum atomic E-state index is 12.2. The molecule has 0 radical (unpaired) electrons. The molecule has 4 rings (SSSR count). The molecule has 0 saturated carbocycles. The molecule has 0 aliphatic carbocycles. The van der Waals surface area contributed by atoms with E-state index in [-0.39, 0.29) is 11.8 Å². The van der Waals surface area contributed by atoms with E-state index in [4.69, 9.17) is 0 Å². The number of thiazole rings is 2. The number of benzene rings is 2. The van der Waals surface area contributed by atoms with Crippen LogP contribution in [0, 0.1) is 0 Å². The van der Waals surface area contributed by atoms with Gasteiger partial charge in [0.2, 0.25) is 0 Å². The molecule has 2 aromatic heterocycles. The Labute approximate surface area is 163 Å². The van der Waals surface area contributed by atoms with Crippen LogP contribution in [0.15, 0.2) is 48.5 Å². The second-order valence-corrected chi connectivity index (χ2v) is 7.90. The van der Waals surface area contributed by atoms with E-state index in [0.717, 1.165) is 20.4 Å². The summed E-state index contributed by atoms with van der Waals surface area (Å²) in [4.78, 5) is 33.0. The Kier molecular flexibility index (Phi) is 5.08. The molecule has 136 valence electrons. The Morgan fingerprint density at radius 3 is 1.63 bits per heavy atom. The van der Waals surface area contributed by atoms with E-state index in [9.17, 15) is 9.59 Å². The van der Waals surface area contributed by atoms with Crippen LogP contribution in [0.1, 0.15) is 26.0 Å². The highest BCUT2D eigenvalue weighted by molar-refractivity contribution is 7.20. The number of carbonyl (C=O) groups is 2. The Balaban J connectivity index is 1.24. The van der Waals surface area contributed by atoms with Crippen molar-refractivity contribution in [2.24, 2.45) is 0 Å². The van der Waals surface area contributed by atoms with Gasteiger partial charge in [-0.15, -0.1) is 22.7 Å². The number of rotatable bonds is 6. The lowest BCUT2D eigenvalue weighted by Gasteiger charge is -2.04. The quantitative estimate of drug-likeness (QED) is 0.489. The number of carbonyl (C=O) groups excluding carboxylic acids is 2. The van der Waals surface area contributed by atoms with Crippen LogP contribution in [0.4, 0.5) is 0 Å². The van der Waals surface area contributed by atoms with Crippen molar-refractivity contribution in [2.75, 3.05) is 13.1 Å². The standard InChI is InChI=1S/C19H16N4O2S2/c24-16(18-22-12-6-1-3-8-14(12)26-18)20-10-5-11-21-17(25)19-23-13-7-2-4-9-15(13)27-19/h1-4,6-9H,5,10-11H2,(H,20,24)(H,21,25). The van der Waals surface area contributed by atoms with E-state index < -0.39 is 0 Å². The van der Waals surface area contributed by atoms with Crippen molar-refractivity contribution in [1.82, 2.24) is 20.6 Å². The van der Waals surface area contributed by atoms with Gasteiger partial charge >= 0.3 is 0 Å². The Bertz CT molecular complexity index is 965. The third kappa shape index (κ3) is 3.96. The largest absolute Gasteiger partial charge is 0.350 e. The molecule has 0 spiro atoms. The van der Waals surface area contributed by atoms with Gasteiger partial charge in [-0.3, -0.25) is 9.59 Å². The first-order valence-corrected chi connectivity index (χ1v) is 10.1. The zero-order valence-corrected chi connectivity index (χ0v) is 15.9. The predicted octanol–water partition coefficient (Wildman–Crippen LogP) is 3.46. The molecule has 6 nitrogen and oxygen atoms in total. The zero-order valence-electron chi connectivity index (χ0n) is 14.3. The molecule has 2 amide bonds. The summed E-state index contributed by atoms with van der Waals surface area (Å²) in [5, 5.41) is 6.59. The summed E-state index contributed by atoms with van der Waals surface area (Å²) in [6.07, 6.45) is 0.632. The van der Waals surface area contributed by atoms with Gasteiger partial charge in [-0.2, -0.15) is 0 Å². The lowest BCUT2D eigenvalue weighted by Crippen LogP contribution is -2.29. The van der Waals surface area contributed by atoms with E-state index in [1.54, 1.807) is 0 Å². The molecule has 4 aromatic rings. The monoisotopic (exact) mass is 396 g/mol. The van der Waals surface area contributed by atoms with Gasteiger partial charge in [0.05, 0.1) is 20.4 Å². The molecule has 0 atom stereocenters. The molecule has 0 fully saturated rings. The second-order valence-electron chi connectivity index (χ2n) is 5.84. The lowest BCUT2D eigenvalue weighted by atomic mass is 10.3. The lowest BCUT2D eigenvalue weighted by molar-refractivity contribution is 0.0951. The Morgan fingerprint density at radius 2 is 1.19 bits per heavy atom. The van der Waals surface area contributed by atoms with E-state index in [2.05, 4.69) is 20.6 Å². The Hall–Kier alpha value is -2.84. The van der Waals surface area contributed by atoms with Crippen molar-refractivity contribution in [3.05, 3.63) is 58.5 Å². The molecular weight excluding hydrogens is 380 g/mol. The number of hydrogen-bond acceptors (Lipinski definition) is 6. The van der Waals surface area contributed by atoms with Crippen LogP contribution in [-0.2, 0) is 0 Å². The number of hydrogen-bond donors (Lipinski definition) is 2. The molecule has 0 unspecified atom stereocenters. The van der Waals surface area contributed by atoms with Crippen LogP contribution >= 0.6 is 22.7 Å². The van der Waals surface area contributed by atoms with Gasteiger partial charge in [0.1, 0.15) is 0 Å². The van der Waals surface area contributed by atoms with E-state index in [0.29, 0.717) is 29.5 Å². The maximum absolute atomic E-state index is 12.2. The summed E-state index contributed by atoms with van der Waals surface area (Å²) < 4.78 is 1.98. The summed E-state index contributed by atoms with van der Waals surface area (Å²) in [5.41, 5.74) is 1.66. The minimum absolute atomic E-state index is 0.186. The van der Waals surface area contributed by atoms with Gasteiger partial charge in [-0.25, -0.2) is 9.97 Å². The highest BCUT2D eigenvalue weighted by Crippen LogP contribution is 2.22. The van der Waals surface area contributed by atoms with Crippen molar-refractivity contribution in [2.45, 2.75) is 6.42 Å². The van der Waals surface area contributed by atoms with Crippen LogP contribution in [0.5, 0.6) is 0 Å². The molecule has 0 aliphatic heterocycles. The summed E-state index contributed by atoms with van der Waals surface area (Å²) >= 11 is 2.75. The van der Waals surface area contributed by atoms with Gasteiger partial charge in [-0.1, -0.05) is 24.3 Å². The molecule has 0 bridgehead atoms. The van der Waals surface area contributed by atoms with E-state index in [1.165, 1.54) is 22.7 Å². The van der Waals surface area contributed by atoms with Gasteiger partial charge in [0, 0.05) is 13.1 Å². The SMILES string of the molecule is O=C(NCCCNC(=O)c1nc2ccccc2s1)c1nc2ccccc2s1. The highest BCUT2D eigenvalue weighted by atomic mass is 32.1. The first kappa shape index (κ1) is 17.6. The van der Waals surface area contributed by atoms with Crippen molar-refractivity contribution < 1.29 is 9.59 Å². The number of nitrogens with one attached hydrogen (secondary N) is 2. The number of para-hydroxylation sites is 2. The maximum Gasteiger partial charge on any atom is 0.280 e. The first-order chi connectivity index (χ1) is 13.2. The van der Waals surface area contributed by atoms with Crippen LogP contribution in [-0.4, -0.2) is 34.9 Å². The van der Waals surface area contributed by atoms with Crippen molar-refractivity contribution >= 4 is 54.9 Å². The minimum atomic E-state index is -0.186. The summed E-state index contributed by atoms with van der Waals surface area (Å²) in [6.45, 7) is 0.934. The fourth-order valence-corrected chi connectivity index (χ4v) is 4.35. The molecule has 2 aromatic carbocycles. The molecule has 8 heteroatoms. The fourth-order valence-electron chi connectivity index (χ4n) is 2.58. The minimum Gasteiger partial charge on any atom is -0.350 e. The normalized spacial score (nSPS) is 11.0. The Morgan fingerprint density at radius 1 is 0.741 bits per heavy atom. The predicted molar refractivity (Wildman–Crippen MR) is 109 cm³/mol. The number of nitrogens with zero attached hydrogens (tertiary/aromatic N) is 2. The average Bonchev–Trinajstić information content (AvgIpc) is 3.31.